The molecule has 0 bridgehead atoms. The van der Waals surface area contributed by atoms with Gasteiger partial charge in [0.25, 0.3) is 0 Å². The molecule has 1 aromatic heterocycles. The lowest BCUT2D eigenvalue weighted by atomic mass is 10.1. The monoisotopic (exact) mass is 292 g/mol. The van der Waals surface area contributed by atoms with E-state index in [4.69, 9.17) is 11.6 Å². The minimum atomic E-state index is -0.173. The van der Waals surface area contributed by atoms with E-state index in [0.717, 1.165) is 21.3 Å². The average molecular weight is 293 g/mol. The summed E-state index contributed by atoms with van der Waals surface area (Å²) in [6.07, 6.45) is 0.743. The molecule has 0 saturated carbocycles. The number of hydrogen-bond acceptors (Lipinski definition) is 3. The van der Waals surface area contributed by atoms with E-state index in [2.05, 4.69) is 16.7 Å². The van der Waals surface area contributed by atoms with Crippen molar-refractivity contribution in [2.75, 3.05) is 5.32 Å². The van der Waals surface area contributed by atoms with Crippen LogP contribution in [0.2, 0.25) is 4.34 Å². The molecule has 19 heavy (non-hydrogen) atoms. The van der Waals surface area contributed by atoms with Crippen molar-refractivity contribution in [2.45, 2.75) is 19.0 Å². The lowest BCUT2D eigenvalue weighted by molar-refractivity contribution is -0.121. The molecule has 1 aliphatic heterocycles. The molecule has 0 saturated heterocycles. The molecule has 2 N–H and O–H groups in total. The van der Waals surface area contributed by atoms with Crippen molar-refractivity contribution in [3.05, 3.63) is 51.2 Å². The summed E-state index contributed by atoms with van der Waals surface area (Å²) in [5.41, 5.74) is 2.25. The topological polar surface area (TPSA) is 41.1 Å². The van der Waals surface area contributed by atoms with E-state index < -0.39 is 0 Å². The fraction of sp³-hybridized carbons (Fsp3) is 0.214. The lowest BCUT2D eigenvalue weighted by Crippen LogP contribution is -2.37. The Bertz CT molecular complexity index is 586. The van der Waals surface area contributed by atoms with Crippen molar-refractivity contribution >= 4 is 34.5 Å². The number of hydrogen-bond donors (Lipinski definition) is 2. The number of carbonyl (C=O) groups excluding carboxylic acids is 1. The van der Waals surface area contributed by atoms with Gasteiger partial charge < -0.3 is 10.6 Å². The van der Waals surface area contributed by atoms with Crippen LogP contribution in [0.1, 0.15) is 10.4 Å². The maximum absolute atomic E-state index is 12.1. The highest BCUT2D eigenvalue weighted by Gasteiger charge is 2.25. The molecule has 0 spiro atoms. The summed E-state index contributed by atoms with van der Waals surface area (Å²) >= 11 is 7.35. The Kier molecular flexibility index (Phi) is 3.44. The molecule has 2 aromatic rings. The molecule has 3 nitrogen and oxygen atoms in total. The van der Waals surface area contributed by atoms with Crippen LogP contribution in [0, 0.1) is 0 Å². The van der Waals surface area contributed by atoms with E-state index in [0.29, 0.717) is 6.54 Å². The number of amides is 1. The number of para-hydroxylation sites is 1. The predicted molar refractivity (Wildman–Crippen MR) is 78.7 cm³/mol. The first-order valence-electron chi connectivity index (χ1n) is 6.09. The van der Waals surface area contributed by atoms with Crippen molar-refractivity contribution in [1.29, 1.82) is 0 Å². The van der Waals surface area contributed by atoms with Gasteiger partial charge in [0.1, 0.15) is 6.04 Å². The second kappa shape index (κ2) is 5.23. The van der Waals surface area contributed by atoms with Gasteiger partial charge in [-0.2, -0.15) is 0 Å². The first-order valence-corrected chi connectivity index (χ1v) is 7.28. The molecule has 1 atom stereocenters. The first kappa shape index (κ1) is 12.5. The number of thiophene rings is 1. The Morgan fingerprint density at radius 2 is 2.21 bits per heavy atom. The van der Waals surface area contributed by atoms with E-state index in [-0.39, 0.29) is 11.9 Å². The largest absolute Gasteiger partial charge is 0.373 e. The van der Waals surface area contributed by atoms with Gasteiger partial charge in [0.15, 0.2) is 0 Å². The number of carbonyl (C=O) groups is 1. The Labute approximate surface area is 120 Å². The Morgan fingerprint density at radius 1 is 1.37 bits per heavy atom. The van der Waals surface area contributed by atoms with Crippen LogP contribution in [0.15, 0.2) is 36.4 Å². The van der Waals surface area contributed by atoms with E-state index >= 15 is 0 Å². The Balaban J connectivity index is 1.58. The van der Waals surface area contributed by atoms with Gasteiger partial charge in [0, 0.05) is 17.0 Å². The summed E-state index contributed by atoms with van der Waals surface area (Å²) in [5.74, 6) is 0.0284. The summed E-state index contributed by atoms with van der Waals surface area (Å²) in [7, 11) is 0. The van der Waals surface area contributed by atoms with Gasteiger partial charge >= 0.3 is 0 Å². The third-order valence-corrected chi connectivity index (χ3v) is 4.38. The van der Waals surface area contributed by atoms with Crippen molar-refractivity contribution < 1.29 is 4.79 Å². The van der Waals surface area contributed by atoms with Crippen molar-refractivity contribution in [1.82, 2.24) is 5.32 Å². The zero-order valence-corrected chi connectivity index (χ0v) is 11.7. The van der Waals surface area contributed by atoms with Gasteiger partial charge in [-0.1, -0.05) is 29.8 Å². The van der Waals surface area contributed by atoms with Crippen LogP contribution < -0.4 is 10.6 Å². The smallest absolute Gasteiger partial charge is 0.243 e. The quantitative estimate of drug-likeness (QED) is 0.913. The summed E-state index contributed by atoms with van der Waals surface area (Å²) in [6.45, 7) is 0.532. The van der Waals surface area contributed by atoms with Crippen LogP contribution in [0.4, 0.5) is 5.69 Å². The van der Waals surface area contributed by atoms with Gasteiger partial charge in [0.2, 0.25) is 5.91 Å². The van der Waals surface area contributed by atoms with Gasteiger partial charge in [-0.3, -0.25) is 4.79 Å². The molecule has 5 heteroatoms. The summed E-state index contributed by atoms with van der Waals surface area (Å²) in [5, 5.41) is 6.18. The van der Waals surface area contributed by atoms with Crippen LogP contribution in [0.3, 0.4) is 0 Å². The maximum Gasteiger partial charge on any atom is 0.243 e. The van der Waals surface area contributed by atoms with Crippen molar-refractivity contribution in [2.24, 2.45) is 0 Å². The number of rotatable bonds is 3. The van der Waals surface area contributed by atoms with Crippen LogP contribution in [0.5, 0.6) is 0 Å². The van der Waals surface area contributed by atoms with E-state index in [9.17, 15) is 4.79 Å². The highest BCUT2D eigenvalue weighted by atomic mass is 35.5. The third-order valence-electron chi connectivity index (χ3n) is 3.15. The fourth-order valence-corrected chi connectivity index (χ4v) is 3.23. The molecule has 0 aliphatic carbocycles. The summed E-state index contributed by atoms with van der Waals surface area (Å²) < 4.78 is 0.746. The molecule has 3 rings (SSSR count). The number of nitrogens with one attached hydrogen (secondary N) is 2. The summed E-state index contributed by atoms with van der Waals surface area (Å²) in [6, 6.07) is 11.6. The lowest BCUT2D eigenvalue weighted by Gasteiger charge is -2.11. The number of anilines is 1. The number of fused-ring (bicyclic) bond motifs is 1. The molecule has 0 radical (unpaired) electrons. The SMILES string of the molecule is O=C(NCc1ccc(Cl)s1)C1Cc2ccccc2N1. The van der Waals surface area contributed by atoms with Crippen LogP contribution in [0.25, 0.3) is 0 Å². The van der Waals surface area contributed by atoms with E-state index in [1.165, 1.54) is 16.9 Å². The minimum absolute atomic E-state index is 0.0284. The standard InChI is InChI=1S/C14H13ClN2OS/c15-13-6-5-10(19-13)8-16-14(18)12-7-9-3-1-2-4-11(9)17-12/h1-6,12,17H,7-8H2,(H,16,18). The first-order chi connectivity index (χ1) is 9.22. The second-order valence-electron chi connectivity index (χ2n) is 4.48. The zero-order valence-electron chi connectivity index (χ0n) is 10.2. The van der Waals surface area contributed by atoms with Gasteiger partial charge in [0.05, 0.1) is 10.9 Å². The molecule has 1 amide bonds. The van der Waals surface area contributed by atoms with E-state index in [1.54, 1.807) is 0 Å². The van der Waals surface area contributed by atoms with Crippen LogP contribution in [-0.4, -0.2) is 11.9 Å². The molecular formula is C14H13ClN2OS. The normalized spacial score (nSPS) is 16.8. The fourth-order valence-electron chi connectivity index (χ4n) is 2.20. The molecule has 98 valence electrons. The molecule has 1 aliphatic rings. The number of halogens is 1. The van der Waals surface area contributed by atoms with Gasteiger partial charge in [-0.15, -0.1) is 11.3 Å². The van der Waals surface area contributed by atoms with Crippen LogP contribution >= 0.6 is 22.9 Å². The zero-order chi connectivity index (χ0) is 13.2. The molecule has 1 unspecified atom stereocenters. The predicted octanol–water partition coefficient (Wildman–Crippen LogP) is 3.05. The van der Waals surface area contributed by atoms with Crippen LogP contribution in [-0.2, 0) is 17.8 Å². The number of benzene rings is 1. The molecule has 1 aromatic carbocycles. The van der Waals surface area contributed by atoms with E-state index in [1.807, 2.05) is 30.3 Å². The maximum atomic E-state index is 12.1. The molecule has 0 fully saturated rings. The minimum Gasteiger partial charge on any atom is -0.373 e. The Hall–Kier alpha value is -1.52. The highest BCUT2D eigenvalue weighted by Crippen LogP contribution is 2.25. The van der Waals surface area contributed by atoms with Crippen molar-refractivity contribution in [3.8, 4) is 0 Å². The average Bonchev–Trinajstić information content (AvgIpc) is 3.01. The Morgan fingerprint density at radius 3 is 2.95 bits per heavy atom. The molecule has 2 heterocycles. The second-order valence-corrected chi connectivity index (χ2v) is 6.28. The highest BCUT2D eigenvalue weighted by molar-refractivity contribution is 7.16. The van der Waals surface area contributed by atoms with Crippen molar-refractivity contribution in [3.63, 3.8) is 0 Å². The van der Waals surface area contributed by atoms with Gasteiger partial charge in [-0.05, 0) is 23.8 Å². The van der Waals surface area contributed by atoms with Gasteiger partial charge in [-0.25, -0.2) is 0 Å². The summed E-state index contributed by atoms with van der Waals surface area (Å²) in [4.78, 5) is 13.2. The molecular weight excluding hydrogens is 280 g/mol. The third kappa shape index (κ3) is 2.74.